The van der Waals surface area contributed by atoms with Crippen molar-refractivity contribution in [2.24, 2.45) is 4.40 Å². The second-order valence-corrected chi connectivity index (χ2v) is 9.37. The number of sulfonamides is 1. The number of hydrogen-bond donors (Lipinski definition) is 0. The van der Waals surface area contributed by atoms with Gasteiger partial charge in [-0.25, -0.2) is 0 Å². The van der Waals surface area contributed by atoms with Crippen LogP contribution in [0.5, 0.6) is 0 Å². The van der Waals surface area contributed by atoms with Crippen molar-refractivity contribution in [2.45, 2.75) is 36.2 Å². The third-order valence-corrected chi connectivity index (χ3v) is 7.20. The fourth-order valence-corrected chi connectivity index (χ4v) is 5.36. The molecular weight excluding hydrogens is 382 g/mol. The molecule has 1 spiro atoms. The predicted molar refractivity (Wildman–Crippen MR) is 113 cm³/mol. The maximum atomic E-state index is 13.0. The first kappa shape index (κ1) is 18.1. The van der Waals surface area contributed by atoms with E-state index in [0.717, 1.165) is 23.1 Å². The van der Waals surface area contributed by atoms with Gasteiger partial charge in [-0.15, -0.1) is 4.40 Å². The van der Waals surface area contributed by atoms with Crippen molar-refractivity contribution in [3.8, 4) is 0 Å². The van der Waals surface area contributed by atoms with Gasteiger partial charge in [0.25, 0.3) is 10.0 Å². The normalized spacial score (nSPS) is 24.2. The highest BCUT2D eigenvalue weighted by Gasteiger charge is 2.63. The maximum absolute atomic E-state index is 13.0. The monoisotopic (exact) mass is 403 g/mol. The van der Waals surface area contributed by atoms with Crippen LogP contribution in [0, 0.1) is 6.92 Å². The molecule has 0 saturated heterocycles. The van der Waals surface area contributed by atoms with Crippen LogP contribution in [0.15, 0.2) is 88.2 Å². The summed E-state index contributed by atoms with van der Waals surface area (Å²) in [6, 6.07) is 25.0. The average molecular weight is 404 g/mol. The zero-order valence-corrected chi connectivity index (χ0v) is 16.9. The molecule has 146 valence electrons. The maximum Gasteiger partial charge on any atom is 0.285 e. The summed E-state index contributed by atoms with van der Waals surface area (Å²) in [6.45, 7) is 2.26. The molecule has 3 aromatic rings. The molecule has 1 aliphatic heterocycles. The summed E-state index contributed by atoms with van der Waals surface area (Å²) in [6.07, 6.45) is 0.788. The highest BCUT2D eigenvalue weighted by Crippen LogP contribution is 2.63. The second-order valence-electron chi connectivity index (χ2n) is 7.77. The Kier molecular flexibility index (Phi) is 4.10. The van der Waals surface area contributed by atoms with Crippen molar-refractivity contribution in [1.29, 1.82) is 0 Å². The molecular formula is C24H21NO3S. The van der Waals surface area contributed by atoms with Gasteiger partial charge in [0.2, 0.25) is 5.90 Å². The van der Waals surface area contributed by atoms with E-state index in [1.807, 2.05) is 43.3 Å². The van der Waals surface area contributed by atoms with Gasteiger partial charge < -0.3 is 4.74 Å². The lowest BCUT2D eigenvalue weighted by Crippen LogP contribution is -2.32. The Balaban J connectivity index is 1.63. The van der Waals surface area contributed by atoms with E-state index in [-0.39, 0.29) is 10.8 Å². The number of hydrogen-bond acceptors (Lipinski definition) is 3. The number of aryl methyl sites for hydroxylation is 1. The van der Waals surface area contributed by atoms with Gasteiger partial charge in [0.1, 0.15) is 6.61 Å². The van der Waals surface area contributed by atoms with E-state index in [1.54, 1.807) is 24.3 Å². The molecule has 4 nitrogen and oxygen atoms in total. The summed E-state index contributed by atoms with van der Waals surface area (Å²) in [5, 5.41) is 0. The van der Waals surface area contributed by atoms with Crippen molar-refractivity contribution in [2.75, 3.05) is 0 Å². The summed E-state index contributed by atoms with van der Waals surface area (Å²) in [4.78, 5) is 0.185. The SMILES string of the molecule is Cc1ccc(S(=O)(=O)/N=C2\OCc3ccccc3[C@]23C[C@H]3c2ccccc2)cc1. The van der Waals surface area contributed by atoms with E-state index in [4.69, 9.17) is 4.74 Å². The number of ether oxygens (including phenoxy) is 1. The summed E-state index contributed by atoms with van der Waals surface area (Å²) < 4.78 is 36.2. The second kappa shape index (κ2) is 6.56. The largest absolute Gasteiger partial charge is 0.475 e. The summed E-state index contributed by atoms with van der Waals surface area (Å²) in [5.74, 6) is 0.461. The Morgan fingerprint density at radius 2 is 1.62 bits per heavy atom. The molecule has 0 radical (unpaired) electrons. The van der Waals surface area contributed by atoms with Crippen molar-refractivity contribution in [3.63, 3.8) is 0 Å². The average Bonchev–Trinajstić information content (AvgIpc) is 3.48. The van der Waals surface area contributed by atoms with Crippen LogP contribution in [0.1, 0.15) is 34.6 Å². The molecule has 5 rings (SSSR count). The minimum Gasteiger partial charge on any atom is -0.475 e. The molecule has 5 heteroatoms. The molecule has 0 bridgehead atoms. The van der Waals surface area contributed by atoms with Crippen LogP contribution in [0.3, 0.4) is 0 Å². The van der Waals surface area contributed by atoms with Gasteiger partial charge in [0, 0.05) is 5.92 Å². The van der Waals surface area contributed by atoms with Gasteiger partial charge >= 0.3 is 0 Å². The summed E-state index contributed by atoms with van der Waals surface area (Å²) in [7, 11) is -3.85. The van der Waals surface area contributed by atoms with Gasteiger partial charge in [0.15, 0.2) is 0 Å². The fraction of sp³-hybridized carbons (Fsp3) is 0.208. The van der Waals surface area contributed by atoms with Gasteiger partial charge in [0.05, 0.1) is 10.3 Å². The predicted octanol–water partition coefficient (Wildman–Crippen LogP) is 4.74. The minimum absolute atomic E-state index is 0.150. The number of nitrogens with zero attached hydrogens (tertiary/aromatic N) is 1. The van der Waals surface area contributed by atoms with E-state index in [1.165, 1.54) is 5.56 Å². The van der Waals surface area contributed by atoms with Crippen LogP contribution in [0.25, 0.3) is 0 Å². The molecule has 2 aliphatic rings. The first-order chi connectivity index (χ1) is 14.0. The molecule has 1 fully saturated rings. The lowest BCUT2D eigenvalue weighted by molar-refractivity contribution is 0.259. The molecule has 0 N–H and O–H groups in total. The van der Waals surface area contributed by atoms with Crippen LogP contribution >= 0.6 is 0 Å². The Morgan fingerprint density at radius 3 is 2.38 bits per heavy atom. The molecule has 1 aliphatic carbocycles. The smallest absolute Gasteiger partial charge is 0.285 e. The molecule has 2 atom stereocenters. The summed E-state index contributed by atoms with van der Waals surface area (Å²) in [5.41, 5.74) is 3.87. The third-order valence-electron chi connectivity index (χ3n) is 5.93. The molecule has 29 heavy (non-hydrogen) atoms. The van der Waals surface area contributed by atoms with E-state index in [0.29, 0.717) is 12.5 Å². The van der Waals surface area contributed by atoms with Crippen molar-refractivity contribution < 1.29 is 13.2 Å². The standard InChI is InChI=1S/C24H21NO3S/c1-17-11-13-20(14-12-17)29(26,27)25-23-24(15-22(24)18-7-3-2-4-8-18)21-10-6-5-9-19(21)16-28-23/h2-14,22H,15-16H2,1H3/b25-23-/t22-,24-/m0/s1. The van der Waals surface area contributed by atoms with E-state index in [2.05, 4.69) is 22.6 Å². The third kappa shape index (κ3) is 2.97. The van der Waals surface area contributed by atoms with Crippen molar-refractivity contribution in [1.82, 2.24) is 0 Å². The van der Waals surface area contributed by atoms with Gasteiger partial charge in [-0.3, -0.25) is 0 Å². The highest BCUT2D eigenvalue weighted by molar-refractivity contribution is 7.90. The van der Waals surface area contributed by atoms with Crippen LogP contribution in [-0.4, -0.2) is 14.3 Å². The van der Waals surface area contributed by atoms with Crippen molar-refractivity contribution >= 4 is 15.9 Å². The molecule has 1 heterocycles. The van der Waals surface area contributed by atoms with Gasteiger partial charge in [-0.05, 0) is 42.2 Å². The first-order valence-corrected chi connectivity index (χ1v) is 11.1. The lowest BCUT2D eigenvalue weighted by Gasteiger charge is -2.28. The Morgan fingerprint density at radius 1 is 0.931 bits per heavy atom. The molecule has 3 aromatic carbocycles. The Hall–Kier alpha value is -2.92. The van der Waals surface area contributed by atoms with Gasteiger partial charge in [-0.1, -0.05) is 72.3 Å². The number of fused-ring (bicyclic) bond motifs is 2. The van der Waals surface area contributed by atoms with Crippen LogP contribution < -0.4 is 0 Å². The quantitative estimate of drug-likeness (QED) is 0.635. The molecule has 0 amide bonds. The molecule has 0 aromatic heterocycles. The molecule has 1 saturated carbocycles. The van der Waals surface area contributed by atoms with Crippen LogP contribution in [0.4, 0.5) is 0 Å². The first-order valence-electron chi connectivity index (χ1n) is 9.69. The summed E-state index contributed by atoms with van der Waals surface area (Å²) >= 11 is 0. The number of rotatable bonds is 3. The molecule has 0 unspecified atom stereocenters. The van der Waals surface area contributed by atoms with Crippen LogP contribution in [-0.2, 0) is 26.8 Å². The fourth-order valence-electron chi connectivity index (χ4n) is 4.34. The highest BCUT2D eigenvalue weighted by atomic mass is 32.2. The number of benzene rings is 3. The topological polar surface area (TPSA) is 55.7 Å². The Bertz CT molecular complexity index is 1200. The van der Waals surface area contributed by atoms with E-state index < -0.39 is 15.4 Å². The van der Waals surface area contributed by atoms with E-state index >= 15 is 0 Å². The van der Waals surface area contributed by atoms with E-state index in [9.17, 15) is 8.42 Å². The lowest BCUT2D eigenvalue weighted by atomic mass is 9.85. The Labute approximate surface area is 170 Å². The zero-order chi connectivity index (χ0) is 20.1. The van der Waals surface area contributed by atoms with Gasteiger partial charge in [-0.2, -0.15) is 8.42 Å². The zero-order valence-electron chi connectivity index (χ0n) is 16.1. The van der Waals surface area contributed by atoms with Crippen molar-refractivity contribution in [3.05, 3.63) is 101 Å². The minimum atomic E-state index is -3.85. The van der Waals surface area contributed by atoms with Crippen LogP contribution in [0.2, 0.25) is 0 Å².